The van der Waals surface area contributed by atoms with E-state index in [1.807, 2.05) is 42.5 Å². The Morgan fingerprint density at radius 1 is 1.20 bits per heavy atom. The maximum absolute atomic E-state index is 9.67. The van der Waals surface area contributed by atoms with Crippen molar-refractivity contribution in [1.82, 2.24) is 4.98 Å². The normalized spacial score (nSPS) is 11.9. The highest BCUT2D eigenvalue weighted by Gasteiger charge is 2.10. The molecule has 0 bridgehead atoms. The molecule has 0 fully saturated rings. The van der Waals surface area contributed by atoms with Crippen molar-refractivity contribution in [2.45, 2.75) is 19.6 Å². The van der Waals surface area contributed by atoms with Gasteiger partial charge in [0.15, 0.2) is 0 Å². The molecule has 106 valence electrons. The molecular formula is C16H20N2O2. The van der Waals surface area contributed by atoms with Crippen LogP contribution in [-0.4, -0.2) is 29.8 Å². The molecule has 0 spiro atoms. The lowest BCUT2D eigenvalue weighted by atomic mass is 10.2. The van der Waals surface area contributed by atoms with Crippen molar-refractivity contribution >= 4 is 5.69 Å². The van der Waals surface area contributed by atoms with E-state index in [1.54, 1.807) is 20.2 Å². The van der Waals surface area contributed by atoms with Crippen molar-refractivity contribution in [3.05, 3.63) is 54.2 Å². The molecule has 1 aromatic carbocycles. The fourth-order valence-electron chi connectivity index (χ4n) is 2.06. The Balaban J connectivity index is 2.14. The maximum Gasteiger partial charge on any atom is 0.212 e. The van der Waals surface area contributed by atoms with Crippen LogP contribution >= 0.6 is 0 Å². The van der Waals surface area contributed by atoms with Gasteiger partial charge in [0.2, 0.25) is 5.88 Å². The highest BCUT2D eigenvalue weighted by atomic mass is 16.5. The van der Waals surface area contributed by atoms with Gasteiger partial charge in [-0.15, -0.1) is 0 Å². The first-order valence-electron chi connectivity index (χ1n) is 6.66. The van der Waals surface area contributed by atoms with Crippen LogP contribution in [0.2, 0.25) is 0 Å². The lowest BCUT2D eigenvalue weighted by molar-refractivity contribution is 0.199. The first-order chi connectivity index (χ1) is 9.69. The minimum Gasteiger partial charge on any atom is -0.481 e. The van der Waals surface area contributed by atoms with E-state index in [4.69, 9.17) is 4.74 Å². The minimum absolute atomic E-state index is 0.388. The summed E-state index contributed by atoms with van der Waals surface area (Å²) in [6, 6.07) is 13.9. The monoisotopic (exact) mass is 272 g/mol. The third kappa shape index (κ3) is 3.96. The van der Waals surface area contributed by atoms with E-state index in [0.29, 0.717) is 19.0 Å². The minimum atomic E-state index is -0.388. The van der Waals surface area contributed by atoms with Gasteiger partial charge in [0, 0.05) is 31.0 Å². The number of rotatable bonds is 6. The smallest absolute Gasteiger partial charge is 0.212 e. The van der Waals surface area contributed by atoms with E-state index in [-0.39, 0.29) is 6.10 Å². The number of hydrogen-bond acceptors (Lipinski definition) is 4. The fourth-order valence-corrected chi connectivity index (χ4v) is 2.06. The van der Waals surface area contributed by atoms with E-state index < -0.39 is 0 Å². The van der Waals surface area contributed by atoms with Crippen LogP contribution in [0.5, 0.6) is 5.88 Å². The molecule has 1 aromatic heterocycles. The van der Waals surface area contributed by atoms with Gasteiger partial charge in [-0.3, -0.25) is 0 Å². The molecule has 0 aliphatic carbocycles. The van der Waals surface area contributed by atoms with Crippen molar-refractivity contribution in [2.24, 2.45) is 0 Å². The number of anilines is 1. The van der Waals surface area contributed by atoms with Crippen molar-refractivity contribution in [1.29, 1.82) is 0 Å². The zero-order chi connectivity index (χ0) is 14.4. The van der Waals surface area contributed by atoms with E-state index in [0.717, 1.165) is 11.3 Å². The number of aliphatic hydroxyl groups is 1. The van der Waals surface area contributed by atoms with Gasteiger partial charge in [-0.2, -0.15) is 0 Å². The fraction of sp³-hybridized carbons (Fsp3) is 0.312. The lowest BCUT2D eigenvalue weighted by Crippen LogP contribution is -2.30. The topological polar surface area (TPSA) is 45.6 Å². The summed E-state index contributed by atoms with van der Waals surface area (Å²) in [5.74, 6) is 0.607. The van der Waals surface area contributed by atoms with Gasteiger partial charge in [0.05, 0.1) is 13.2 Å². The van der Waals surface area contributed by atoms with Gasteiger partial charge in [0.1, 0.15) is 0 Å². The number of ether oxygens (including phenoxy) is 1. The number of nitrogens with zero attached hydrogens (tertiary/aromatic N) is 2. The number of benzene rings is 1. The molecule has 4 heteroatoms. The number of aromatic nitrogens is 1. The number of methoxy groups -OCH3 is 1. The summed E-state index contributed by atoms with van der Waals surface area (Å²) in [7, 11) is 1.60. The molecule has 2 rings (SSSR count). The molecule has 1 N–H and O–H groups in total. The van der Waals surface area contributed by atoms with Gasteiger partial charge in [-0.05, 0) is 24.6 Å². The number of aliphatic hydroxyl groups excluding tert-OH is 1. The largest absolute Gasteiger partial charge is 0.481 e. The van der Waals surface area contributed by atoms with Crippen molar-refractivity contribution < 1.29 is 9.84 Å². The number of para-hydroxylation sites is 1. The zero-order valence-electron chi connectivity index (χ0n) is 11.9. The Morgan fingerprint density at radius 2 is 1.95 bits per heavy atom. The average molecular weight is 272 g/mol. The summed E-state index contributed by atoms with van der Waals surface area (Å²) < 4.78 is 5.06. The third-order valence-electron chi connectivity index (χ3n) is 2.99. The molecule has 4 nitrogen and oxygen atoms in total. The molecule has 0 aliphatic heterocycles. The number of pyridine rings is 1. The Kier molecular flexibility index (Phi) is 4.96. The second-order valence-electron chi connectivity index (χ2n) is 4.77. The predicted molar refractivity (Wildman–Crippen MR) is 80.0 cm³/mol. The van der Waals surface area contributed by atoms with Crippen LogP contribution in [0, 0.1) is 0 Å². The Morgan fingerprint density at radius 3 is 2.50 bits per heavy atom. The SMILES string of the molecule is COc1ccc(CN(CC(C)O)c2ccccc2)cn1. The standard InChI is InChI=1S/C16H20N2O2/c1-13(19)11-18(15-6-4-3-5-7-15)12-14-8-9-16(20-2)17-10-14/h3-10,13,19H,11-12H2,1-2H3. The molecule has 0 saturated carbocycles. The quantitative estimate of drug-likeness (QED) is 0.877. The van der Waals surface area contributed by atoms with Crippen molar-refractivity contribution in [2.75, 3.05) is 18.6 Å². The molecule has 0 aliphatic rings. The van der Waals surface area contributed by atoms with E-state index in [1.165, 1.54) is 0 Å². The van der Waals surface area contributed by atoms with E-state index in [2.05, 4.69) is 9.88 Å². The van der Waals surface area contributed by atoms with Gasteiger partial charge >= 0.3 is 0 Å². The molecule has 20 heavy (non-hydrogen) atoms. The van der Waals surface area contributed by atoms with Crippen LogP contribution in [0.25, 0.3) is 0 Å². The molecule has 1 unspecified atom stereocenters. The summed E-state index contributed by atoms with van der Waals surface area (Å²) in [6.45, 7) is 3.07. The Bertz CT molecular complexity index is 512. The van der Waals surface area contributed by atoms with Crippen LogP contribution in [0.3, 0.4) is 0 Å². The van der Waals surface area contributed by atoms with Crippen LogP contribution in [0.4, 0.5) is 5.69 Å². The molecular weight excluding hydrogens is 252 g/mol. The third-order valence-corrected chi connectivity index (χ3v) is 2.99. The second kappa shape index (κ2) is 6.91. The molecule has 1 heterocycles. The van der Waals surface area contributed by atoms with Gasteiger partial charge < -0.3 is 14.7 Å². The van der Waals surface area contributed by atoms with Gasteiger partial charge in [0.25, 0.3) is 0 Å². The van der Waals surface area contributed by atoms with Crippen LogP contribution < -0.4 is 9.64 Å². The average Bonchev–Trinajstić information content (AvgIpc) is 2.48. The number of hydrogen-bond donors (Lipinski definition) is 1. The molecule has 1 atom stereocenters. The summed E-state index contributed by atoms with van der Waals surface area (Å²) in [5, 5.41) is 9.67. The Labute approximate surface area is 119 Å². The molecule has 0 radical (unpaired) electrons. The van der Waals surface area contributed by atoms with Crippen molar-refractivity contribution in [3.8, 4) is 5.88 Å². The molecule has 0 amide bonds. The van der Waals surface area contributed by atoms with Gasteiger partial charge in [-0.25, -0.2) is 4.98 Å². The molecule has 0 saturated heterocycles. The second-order valence-corrected chi connectivity index (χ2v) is 4.77. The van der Waals surface area contributed by atoms with E-state index >= 15 is 0 Å². The zero-order valence-corrected chi connectivity index (χ0v) is 11.9. The van der Waals surface area contributed by atoms with Crippen LogP contribution in [-0.2, 0) is 6.54 Å². The van der Waals surface area contributed by atoms with Gasteiger partial charge in [-0.1, -0.05) is 24.3 Å². The summed E-state index contributed by atoms with van der Waals surface area (Å²) in [6.07, 6.45) is 1.41. The highest BCUT2D eigenvalue weighted by molar-refractivity contribution is 5.46. The van der Waals surface area contributed by atoms with Crippen molar-refractivity contribution in [3.63, 3.8) is 0 Å². The van der Waals surface area contributed by atoms with E-state index in [9.17, 15) is 5.11 Å². The molecule has 2 aromatic rings. The lowest BCUT2D eigenvalue weighted by Gasteiger charge is -2.26. The maximum atomic E-state index is 9.67. The first kappa shape index (κ1) is 14.3. The van der Waals surface area contributed by atoms with Crippen LogP contribution in [0.1, 0.15) is 12.5 Å². The predicted octanol–water partition coefficient (Wildman–Crippen LogP) is 2.48. The Hall–Kier alpha value is -2.07. The summed E-state index contributed by atoms with van der Waals surface area (Å²) in [5.41, 5.74) is 2.17. The highest BCUT2D eigenvalue weighted by Crippen LogP contribution is 2.17. The summed E-state index contributed by atoms with van der Waals surface area (Å²) in [4.78, 5) is 6.34. The van der Waals surface area contributed by atoms with Crippen LogP contribution in [0.15, 0.2) is 48.7 Å². The summed E-state index contributed by atoms with van der Waals surface area (Å²) >= 11 is 0. The first-order valence-corrected chi connectivity index (χ1v) is 6.66.